The Bertz CT molecular complexity index is 1220. The molecule has 0 saturated carbocycles. The summed E-state index contributed by atoms with van der Waals surface area (Å²) < 4.78 is 5.55. The molecule has 0 aliphatic carbocycles. The fraction of sp³-hybridized carbons (Fsp3) is 0.483. The van der Waals surface area contributed by atoms with Crippen LogP contribution >= 0.6 is 11.6 Å². The number of piperidine rings is 1. The molecule has 37 heavy (non-hydrogen) atoms. The zero-order chi connectivity index (χ0) is 26.8. The molecule has 2 heterocycles. The molecule has 4 rings (SSSR count). The molecular formula is C29H37ClN4O3. The van der Waals surface area contributed by atoms with Crippen LogP contribution in [0.2, 0.25) is 5.02 Å². The van der Waals surface area contributed by atoms with Crippen LogP contribution < -0.4 is 5.73 Å². The van der Waals surface area contributed by atoms with Gasteiger partial charge in [0.1, 0.15) is 0 Å². The summed E-state index contributed by atoms with van der Waals surface area (Å²) in [5, 5.41) is 14.5. The maximum Gasteiger partial charge on any atom is 0.309 e. The lowest BCUT2D eigenvalue weighted by molar-refractivity contribution is -0.151. The zero-order valence-corrected chi connectivity index (χ0v) is 22.9. The number of carboxylic acid groups (broad SMARTS) is 1. The lowest BCUT2D eigenvalue weighted by atomic mass is 9.79. The topological polar surface area (TPSA) is 105 Å². The highest BCUT2D eigenvalue weighted by molar-refractivity contribution is 6.31. The van der Waals surface area contributed by atoms with E-state index in [1.54, 1.807) is 0 Å². The molecule has 1 aliphatic heterocycles. The Kier molecular flexibility index (Phi) is 8.07. The summed E-state index contributed by atoms with van der Waals surface area (Å²) in [6, 6.07) is 14.1. The molecule has 1 fully saturated rings. The van der Waals surface area contributed by atoms with Gasteiger partial charge in [0.05, 0.1) is 5.41 Å². The Morgan fingerprint density at radius 1 is 1.19 bits per heavy atom. The van der Waals surface area contributed by atoms with Crippen LogP contribution in [-0.2, 0) is 11.2 Å². The van der Waals surface area contributed by atoms with E-state index >= 15 is 0 Å². The second kappa shape index (κ2) is 10.9. The van der Waals surface area contributed by atoms with Gasteiger partial charge < -0.3 is 15.4 Å². The number of nitrogens with zero attached hydrogens (tertiary/aromatic N) is 3. The van der Waals surface area contributed by atoms with Crippen molar-refractivity contribution in [1.82, 2.24) is 15.0 Å². The van der Waals surface area contributed by atoms with Crippen molar-refractivity contribution in [3.63, 3.8) is 0 Å². The van der Waals surface area contributed by atoms with E-state index in [1.807, 2.05) is 51.1 Å². The van der Waals surface area contributed by atoms with E-state index in [4.69, 9.17) is 21.9 Å². The number of benzene rings is 2. The van der Waals surface area contributed by atoms with E-state index in [1.165, 1.54) is 0 Å². The third-order valence-corrected chi connectivity index (χ3v) is 7.73. The quantitative estimate of drug-likeness (QED) is 0.335. The van der Waals surface area contributed by atoms with Crippen molar-refractivity contribution in [2.24, 2.45) is 11.1 Å². The van der Waals surface area contributed by atoms with Crippen LogP contribution in [0.3, 0.4) is 0 Å². The number of hydrogen-bond donors (Lipinski definition) is 2. The van der Waals surface area contributed by atoms with Gasteiger partial charge in [0.15, 0.2) is 0 Å². The fourth-order valence-corrected chi connectivity index (χ4v) is 5.24. The van der Waals surface area contributed by atoms with Gasteiger partial charge in [-0.2, -0.15) is 4.98 Å². The summed E-state index contributed by atoms with van der Waals surface area (Å²) in [5.41, 5.74) is 9.31. The molecule has 2 aromatic carbocycles. The average molecular weight is 525 g/mol. The number of halogens is 1. The smallest absolute Gasteiger partial charge is 0.309 e. The number of carbonyl (C=O) groups is 1. The third-order valence-electron chi connectivity index (χ3n) is 7.38. The summed E-state index contributed by atoms with van der Waals surface area (Å²) in [6.45, 7) is 9.47. The predicted octanol–water partition coefficient (Wildman–Crippen LogP) is 6.36. The van der Waals surface area contributed by atoms with E-state index in [2.05, 4.69) is 34.1 Å². The molecule has 0 radical (unpaired) electrons. The van der Waals surface area contributed by atoms with Crippen molar-refractivity contribution in [3.8, 4) is 22.8 Å². The highest BCUT2D eigenvalue weighted by atomic mass is 35.5. The van der Waals surface area contributed by atoms with Crippen LogP contribution in [-0.4, -0.2) is 44.7 Å². The van der Waals surface area contributed by atoms with Crippen molar-refractivity contribution < 1.29 is 14.4 Å². The molecule has 3 aromatic rings. The molecule has 0 amide bonds. The monoisotopic (exact) mass is 524 g/mol. The van der Waals surface area contributed by atoms with Crippen LogP contribution in [0.15, 0.2) is 47.0 Å². The van der Waals surface area contributed by atoms with Gasteiger partial charge in [-0.05, 0) is 82.8 Å². The van der Waals surface area contributed by atoms with Crippen molar-refractivity contribution in [2.75, 3.05) is 13.1 Å². The summed E-state index contributed by atoms with van der Waals surface area (Å²) in [4.78, 5) is 18.7. The first-order valence-corrected chi connectivity index (χ1v) is 13.4. The first-order valence-electron chi connectivity index (χ1n) is 13.0. The van der Waals surface area contributed by atoms with Crippen molar-refractivity contribution in [1.29, 1.82) is 0 Å². The number of aryl methyl sites for hydroxylation is 1. The molecule has 1 unspecified atom stereocenters. The largest absolute Gasteiger partial charge is 0.481 e. The maximum absolute atomic E-state index is 11.7. The van der Waals surface area contributed by atoms with E-state index in [0.29, 0.717) is 29.6 Å². The standard InChI is InChI=1S/C29H37ClN4O3/c1-5-6-19-7-12-22(17-23(19)30)26-32-25(33-37-26)21-10-8-20(9-11-21)24(18-28(2,3)31)34-15-13-29(4,14-16-34)27(35)36/h7-12,17,24H,5-6,13-16,18,31H2,1-4H3,(H,35,36). The number of carboxylic acids is 1. The van der Waals surface area contributed by atoms with Crippen molar-refractivity contribution in [2.45, 2.75) is 71.4 Å². The lowest BCUT2D eigenvalue weighted by Crippen LogP contribution is -2.46. The van der Waals surface area contributed by atoms with Gasteiger partial charge in [-0.1, -0.05) is 60.4 Å². The minimum absolute atomic E-state index is 0.0944. The molecule has 8 heteroatoms. The number of rotatable bonds is 9. The van der Waals surface area contributed by atoms with E-state index < -0.39 is 11.4 Å². The summed E-state index contributed by atoms with van der Waals surface area (Å²) in [7, 11) is 0. The van der Waals surface area contributed by atoms with Gasteiger partial charge in [-0.25, -0.2) is 0 Å². The normalized spacial score (nSPS) is 17.0. The minimum Gasteiger partial charge on any atom is -0.481 e. The van der Waals surface area contributed by atoms with Crippen LogP contribution in [0.1, 0.15) is 70.5 Å². The van der Waals surface area contributed by atoms with Gasteiger partial charge in [0, 0.05) is 27.7 Å². The first-order chi connectivity index (χ1) is 17.5. The molecule has 1 saturated heterocycles. The Morgan fingerprint density at radius 2 is 1.84 bits per heavy atom. The van der Waals surface area contributed by atoms with Gasteiger partial charge in [0.25, 0.3) is 5.89 Å². The molecule has 1 aromatic heterocycles. The van der Waals surface area contributed by atoms with Crippen LogP contribution in [0.25, 0.3) is 22.8 Å². The Labute approximate surface area is 224 Å². The molecule has 0 bridgehead atoms. The van der Waals surface area contributed by atoms with Gasteiger partial charge in [-0.3, -0.25) is 9.69 Å². The van der Waals surface area contributed by atoms with Gasteiger partial charge in [-0.15, -0.1) is 0 Å². The Hall–Kier alpha value is -2.74. The second-order valence-electron chi connectivity index (χ2n) is 11.2. The first kappa shape index (κ1) is 27.3. The fourth-order valence-electron chi connectivity index (χ4n) is 4.96. The summed E-state index contributed by atoms with van der Waals surface area (Å²) >= 11 is 6.44. The number of nitrogens with two attached hydrogens (primary N) is 1. The zero-order valence-electron chi connectivity index (χ0n) is 22.1. The van der Waals surface area contributed by atoms with Crippen molar-refractivity contribution in [3.05, 3.63) is 58.6 Å². The SMILES string of the molecule is CCCc1ccc(-c2nc(-c3ccc(C(CC(C)(C)N)N4CCC(C)(C(=O)O)CC4)cc3)no2)cc1Cl. The molecule has 3 N–H and O–H groups in total. The molecule has 198 valence electrons. The summed E-state index contributed by atoms with van der Waals surface area (Å²) in [5.74, 6) is 0.230. The maximum atomic E-state index is 11.7. The van der Waals surface area contributed by atoms with Crippen LogP contribution in [0.4, 0.5) is 0 Å². The number of hydrogen-bond acceptors (Lipinski definition) is 6. The lowest BCUT2D eigenvalue weighted by Gasteiger charge is -2.42. The minimum atomic E-state index is -0.717. The Balaban J connectivity index is 1.53. The third kappa shape index (κ3) is 6.40. The molecule has 1 atom stereocenters. The summed E-state index contributed by atoms with van der Waals surface area (Å²) in [6.07, 6.45) is 3.97. The van der Waals surface area contributed by atoms with Gasteiger partial charge in [0.2, 0.25) is 5.82 Å². The van der Waals surface area contributed by atoms with E-state index in [9.17, 15) is 9.90 Å². The predicted molar refractivity (Wildman–Crippen MR) is 146 cm³/mol. The van der Waals surface area contributed by atoms with Gasteiger partial charge >= 0.3 is 5.97 Å². The number of aliphatic carboxylic acids is 1. The van der Waals surface area contributed by atoms with Crippen molar-refractivity contribution >= 4 is 17.6 Å². The number of likely N-dealkylation sites (tertiary alicyclic amines) is 1. The van der Waals surface area contributed by atoms with E-state index in [-0.39, 0.29) is 11.6 Å². The molecule has 0 spiro atoms. The molecule has 7 nitrogen and oxygen atoms in total. The highest BCUT2D eigenvalue weighted by Gasteiger charge is 2.39. The number of aromatic nitrogens is 2. The van der Waals surface area contributed by atoms with E-state index in [0.717, 1.165) is 54.6 Å². The Morgan fingerprint density at radius 3 is 2.41 bits per heavy atom. The average Bonchev–Trinajstić information content (AvgIpc) is 3.34. The second-order valence-corrected chi connectivity index (χ2v) is 11.6. The van der Waals surface area contributed by atoms with Crippen LogP contribution in [0.5, 0.6) is 0 Å². The molecule has 1 aliphatic rings. The molecular weight excluding hydrogens is 488 g/mol. The van der Waals surface area contributed by atoms with Crippen LogP contribution in [0, 0.1) is 5.41 Å². The highest BCUT2D eigenvalue weighted by Crippen LogP contribution is 2.38.